The Morgan fingerprint density at radius 2 is 0.889 bits per heavy atom. The van der Waals surface area contributed by atoms with E-state index in [2.05, 4.69) is 23.7 Å². The van der Waals surface area contributed by atoms with Gasteiger partial charge in [-0.1, -0.05) is 181 Å². The third-order valence-corrected chi connectivity index (χ3v) is 9.83. The Bertz CT molecular complexity index is 764. The normalized spacial score (nSPS) is 11.6. The van der Waals surface area contributed by atoms with E-state index in [1.54, 1.807) is 13.1 Å². The molecule has 0 unspecified atom stereocenters. The van der Waals surface area contributed by atoms with E-state index in [4.69, 9.17) is 0 Å². The van der Waals surface area contributed by atoms with Crippen LogP contribution in [0, 0.1) is 6.92 Å². The van der Waals surface area contributed by atoms with Crippen molar-refractivity contribution in [2.24, 2.45) is 0 Å². The Balaban J connectivity index is 2.24. The second-order valence-corrected chi connectivity index (χ2v) is 14.0. The van der Waals surface area contributed by atoms with E-state index in [1.165, 1.54) is 180 Å². The fraction of sp³-hybridized carbons (Fsp3) is 0.854. The minimum absolute atomic E-state index is 0.0491. The topological polar surface area (TPSA) is 53.4 Å². The molecule has 0 radical (unpaired) electrons. The molecule has 45 heavy (non-hydrogen) atoms. The zero-order chi connectivity index (χ0) is 32.6. The van der Waals surface area contributed by atoms with Gasteiger partial charge in [-0.15, -0.1) is 0 Å². The summed E-state index contributed by atoms with van der Waals surface area (Å²) >= 11 is 0. The number of hydrogen-bond donors (Lipinski definition) is 1. The number of carbonyl (C=O) groups excluding carboxylic acids is 1. The van der Waals surface area contributed by atoms with E-state index in [0.717, 1.165) is 37.9 Å². The van der Waals surface area contributed by atoms with Gasteiger partial charge >= 0.3 is 0 Å². The summed E-state index contributed by atoms with van der Waals surface area (Å²) < 4.78 is 0. The number of aromatic nitrogens is 1. The standard InChI is InChI=1S/C41H76N2O2/c1-4-6-8-10-12-14-16-18-20-22-24-26-28-30-33-43(35-32-39-36-42-38(3)41(45)40(39)37-44)34-31-29-27-25-23-21-19-17-15-13-11-9-7-5-2/h36-37,45H,4-35H2,1-3H3. The van der Waals surface area contributed by atoms with Crippen LogP contribution in [0.25, 0.3) is 0 Å². The van der Waals surface area contributed by atoms with Crippen molar-refractivity contribution in [1.82, 2.24) is 9.88 Å². The van der Waals surface area contributed by atoms with Gasteiger partial charge in [-0.2, -0.15) is 0 Å². The summed E-state index contributed by atoms with van der Waals surface area (Å²) in [6, 6.07) is 0. The van der Waals surface area contributed by atoms with Gasteiger partial charge in [0.1, 0.15) is 5.75 Å². The van der Waals surface area contributed by atoms with Crippen molar-refractivity contribution < 1.29 is 9.90 Å². The summed E-state index contributed by atoms with van der Waals surface area (Å²) in [5, 5.41) is 10.3. The van der Waals surface area contributed by atoms with E-state index in [-0.39, 0.29) is 5.75 Å². The van der Waals surface area contributed by atoms with Crippen LogP contribution in [0.5, 0.6) is 5.75 Å². The van der Waals surface area contributed by atoms with Gasteiger partial charge in [0.25, 0.3) is 0 Å². The van der Waals surface area contributed by atoms with Crippen LogP contribution in [0.3, 0.4) is 0 Å². The Morgan fingerprint density at radius 1 is 0.556 bits per heavy atom. The lowest BCUT2D eigenvalue weighted by Gasteiger charge is -2.23. The molecule has 0 fully saturated rings. The smallest absolute Gasteiger partial charge is 0.154 e. The van der Waals surface area contributed by atoms with Crippen molar-refractivity contribution in [2.75, 3.05) is 19.6 Å². The average Bonchev–Trinajstić information content (AvgIpc) is 3.05. The van der Waals surface area contributed by atoms with Gasteiger partial charge < -0.3 is 10.0 Å². The Kier molecular flexibility index (Phi) is 28.8. The molecular weight excluding hydrogens is 552 g/mol. The third kappa shape index (κ3) is 23.5. The van der Waals surface area contributed by atoms with E-state index in [9.17, 15) is 9.90 Å². The number of aromatic hydroxyl groups is 1. The van der Waals surface area contributed by atoms with Crippen molar-refractivity contribution in [2.45, 2.75) is 207 Å². The molecule has 0 aliphatic heterocycles. The van der Waals surface area contributed by atoms with E-state index in [1.807, 2.05) is 0 Å². The molecule has 0 aliphatic rings. The second kappa shape index (κ2) is 31.2. The van der Waals surface area contributed by atoms with Gasteiger partial charge in [-0.3, -0.25) is 9.78 Å². The highest BCUT2D eigenvalue weighted by atomic mass is 16.3. The first kappa shape index (κ1) is 41.6. The van der Waals surface area contributed by atoms with Crippen LogP contribution in [0.15, 0.2) is 6.20 Å². The minimum Gasteiger partial charge on any atom is -0.505 e. The van der Waals surface area contributed by atoms with Crippen molar-refractivity contribution in [3.05, 3.63) is 23.0 Å². The summed E-state index contributed by atoms with van der Waals surface area (Å²) in [5.74, 6) is 0.0491. The molecule has 1 heterocycles. The quantitative estimate of drug-likeness (QED) is 0.0609. The molecular formula is C41H76N2O2. The second-order valence-electron chi connectivity index (χ2n) is 14.0. The van der Waals surface area contributed by atoms with Crippen molar-refractivity contribution in [3.8, 4) is 5.75 Å². The number of hydrogen-bond acceptors (Lipinski definition) is 4. The number of aldehydes is 1. The predicted octanol–water partition coefficient (Wildman–Crippen LogP) is 12.7. The molecule has 1 rings (SSSR count). The molecule has 0 saturated heterocycles. The molecule has 262 valence electrons. The SMILES string of the molecule is CCCCCCCCCCCCCCCCN(CCCCCCCCCCCCCCCC)CCc1cnc(C)c(O)c1C=O. The summed E-state index contributed by atoms with van der Waals surface area (Å²) in [7, 11) is 0. The molecule has 4 heteroatoms. The zero-order valence-corrected chi connectivity index (χ0v) is 30.5. The number of aryl methyl sites for hydroxylation is 1. The first-order valence-electron chi connectivity index (χ1n) is 20.0. The van der Waals surface area contributed by atoms with Gasteiger partial charge in [0.15, 0.2) is 6.29 Å². The Morgan fingerprint density at radius 3 is 1.22 bits per heavy atom. The highest BCUT2D eigenvalue weighted by Crippen LogP contribution is 2.23. The molecule has 1 aromatic rings. The third-order valence-electron chi connectivity index (χ3n) is 9.83. The maximum absolute atomic E-state index is 11.7. The number of unbranched alkanes of at least 4 members (excludes halogenated alkanes) is 26. The molecule has 0 spiro atoms. The van der Waals surface area contributed by atoms with Crippen LogP contribution < -0.4 is 0 Å². The largest absolute Gasteiger partial charge is 0.505 e. The molecule has 0 amide bonds. The van der Waals surface area contributed by atoms with Crippen molar-refractivity contribution in [3.63, 3.8) is 0 Å². The molecule has 1 aromatic heterocycles. The summed E-state index contributed by atoms with van der Waals surface area (Å²) in [6.45, 7) is 9.54. The molecule has 0 saturated carbocycles. The van der Waals surface area contributed by atoms with E-state index in [0.29, 0.717) is 11.3 Å². The number of rotatable bonds is 34. The van der Waals surface area contributed by atoms with Crippen LogP contribution in [-0.4, -0.2) is 40.9 Å². The highest BCUT2D eigenvalue weighted by molar-refractivity contribution is 5.81. The maximum atomic E-state index is 11.7. The molecule has 0 atom stereocenters. The van der Waals surface area contributed by atoms with Crippen molar-refractivity contribution >= 4 is 6.29 Å². The van der Waals surface area contributed by atoms with Crippen LogP contribution in [0.2, 0.25) is 0 Å². The first-order valence-corrected chi connectivity index (χ1v) is 20.0. The fourth-order valence-electron chi connectivity index (χ4n) is 6.66. The molecule has 1 N–H and O–H groups in total. The zero-order valence-electron chi connectivity index (χ0n) is 30.5. The van der Waals surface area contributed by atoms with Gasteiger partial charge in [-0.25, -0.2) is 0 Å². The van der Waals surface area contributed by atoms with Gasteiger partial charge in [0, 0.05) is 12.7 Å². The first-order chi connectivity index (χ1) is 22.1. The molecule has 0 bridgehead atoms. The maximum Gasteiger partial charge on any atom is 0.154 e. The summed E-state index contributed by atoms with van der Waals surface area (Å²) in [6.07, 6.45) is 42.3. The average molecular weight is 629 g/mol. The van der Waals surface area contributed by atoms with Gasteiger partial charge in [-0.05, 0) is 44.8 Å². The number of pyridine rings is 1. The monoisotopic (exact) mass is 629 g/mol. The Labute approximate surface area is 281 Å². The summed E-state index contributed by atoms with van der Waals surface area (Å²) in [4.78, 5) is 18.6. The van der Waals surface area contributed by atoms with Gasteiger partial charge in [0.2, 0.25) is 0 Å². The molecule has 4 nitrogen and oxygen atoms in total. The fourth-order valence-corrected chi connectivity index (χ4v) is 6.66. The van der Waals surface area contributed by atoms with Crippen LogP contribution in [0.4, 0.5) is 0 Å². The lowest BCUT2D eigenvalue weighted by atomic mass is 10.0. The van der Waals surface area contributed by atoms with Crippen molar-refractivity contribution in [1.29, 1.82) is 0 Å². The Hall–Kier alpha value is -1.42. The van der Waals surface area contributed by atoms with Crippen LogP contribution in [-0.2, 0) is 6.42 Å². The minimum atomic E-state index is 0.0491. The van der Waals surface area contributed by atoms with Crippen LogP contribution >= 0.6 is 0 Å². The van der Waals surface area contributed by atoms with E-state index >= 15 is 0 Å². The molecule has 0 aliphatic carbocycles. The molecule has 0 aromatic carbocycles. The highest BCUT2D eigenvalue weighted by Gasteiger charge is 2.13. The lowest BCUT2D eigenvalue weighted by Crippen LogP contribution is -2.28. The summed E-state index contributed by atoms with van der Waals surface area (Å²) in [5.41, 5.74) is 1.83. The number of carbonyl (C=O) groups is 1. The van der Waals surface area contributed by atoms with Gasteiger partial charge in [0.05, 0.1) is 11.3 Å². The lowest BCUT2D eigenvalue weighted by molar-refractivity contribution is 0.111. The number of nitrogens with zero attached hydrogens (tertiary/aromatic N) is 2. The predicted molar refractivity (Wildman–Crippen MR) is 197 cm³/mol. The van der Waals surface area contributed by atoms with E-state index < -0.39 is 0 Å². The van der Waals surface area contributed by atoms with Crippen LogP contribution in [0.1, 0.15) is 215 Å².